The van der Waals surface area contributed by atoms with Crippen LogP contribution >= 0.6 is 0 Å². The molecule has 0 fully saturated rings. The van der Waals surface area contributed by atoms with Gasteiger partial charge in [-0.3, -0.25) is 0 Å². The molecule has 1 atom stereocenters. The van der Waals surface area contributed by atoms with Gasteiger partial charge in [0.05, 0.1) is 0 Å². The maximum atomic E-state index is 5.60. The average molecular weight is 145 g/mol. The molecule has 0 saturated carbocycles. The fraction of sp³-hybridized carbons (Fsp3) is 1.00. The van der Waals surface area contributed by atoms with Crippen molar-refractivity contribution in [3.63, 3.8) is 0 Å². The molecule has 2 nitrogen and oxygen atoms in total. The highest BCUT2D eigenvalue weighted by Crippen LogP contribution is 2.01. The smallest absolute Gasteiger partial charge is 0.105 e. The van der Waals surface area contributed by atoms with Crippen LogP contribution in [0, 0.1) is 0 Å². The predicted molar refractivity (Wildman–Crippen MR) is 43.7 cm³/mol. The third-order valence-corrected chi connectivity index (χ3v) is 1.47. The van der Waals surface area contributed by atoms with E-state index in [0.29, 0.717) is 0 Å². The summed E-state index contributed by atoms with van der Waals surface area (Å²) < 4.78 is 5.17. The summed E-state index contributed by atoms with van der Waals surface area (Å²) in [5, 5.41) is 0. The van der Waals surface area contributed by atoms with E-state index in [-0.39, 0.29) is 6.23 Å². The minimum atomic E-state index is -0.0310. The Morgan fingerprint density at radius 2 is 2.00 bits per heavy atom. The Morgan fingerprint density at radius 3 is 2.50 bits per heavy atom. The van der Waals surface area contributed by atoms with E-state index in [1.165, 1.54) is 19.3 Å². The SMILES string of the molecule is CCCCCC(N)OCC. The molecule has 1 unspecified atom stereocenters. The molecule has 2 heteroatoms. The van der Waals surface area contributed by atoms with Gasteiger partial charge in [0.2, 0.25) is 0 Å². The lowest BCUT2D eigenvalue weighted by atomic mass is 10.2. The molecule has 0 aromatic heterocycles. The van der Waals surface area contributed by atoms with Gasteiger partial charge in [0.15, 0.2) is 0 Å². The monoisotopic (exact) mass is 145 g/mol. The zero-order valence-electron chi connectivity index (χ0n) is 7.10. The van der Waals surface area contributed by atoms with Gasteiger partial charge in [0.1, 0.15) is 6.23 Å². The highest BCUT2D eigenvalue weighted by molar-refractivity contribution is 4.47. The minimum Gasteiger partial charge on any atom is -0.364 e. The van der Waals surface area contributed by atoms with E-state index < -0.39 is 0 Å². The van der Waals surface area contributed by atoms with Crippen LogP contribution in [0.4, 0.5) is 0 Å². The molecule has 2 N–H and O–H groups in total. The second-order valence-electron chi connectivity index (χ2n) is 2.49. The molecular weight excluding hydrogens is 126 g/mol. The third-order valence-electron chi connectivity index (χ3n) is 1.47. The van der Waals surface area contributed by atoms with Gasteiger partial charge >= 0.3 is 0 Å². The van der Waals surface area contributed by atoms with Gasteiger partial charge in [-0.15, -0.1) is 0 Å². The van der Waals surface area contributed by atoms with Crippen LogP contribution in [0.1, 0.15) is 39.5 Å². The minimum absolute atomic E-state index is 0.0310. The first-order valence-electron chi connectivity index (χ1n) is 4.18. The van der Waals surface area contributed by atoms with Crippen molar-refractivity contribution in [1.29, 1.82) is 0 Å². The summed E-state index contributed by atoms with van der Waals surface area (Å²) in [6.07, 6.45) is 4.68. The summed E-state index contributed by atoms with van der Waals surface area (Å²) in [6.45, 7) is 4.89. The molecule has 0 aliphatic rings. The molecule has 0 aliphatic heterocycles. The molecule has 0 bridgehead atoms. The summed E-state index contributed by atoms with van der Waals surface area (Å²) in [4.78, 5) is 0. The maximum absolute atomic E-state index is 5.60. The normalized spacial score (nSPS) is 13.5. The van der Waals surface area contributed by atoms with Crippen LogP contribution in [0.25, 0.3) is 0 Å². The van der Waals surface area contributed by atoms with Gasteiger partial charge in [-0.05, 0) is 19.8 Å². The Kier molecular flexibility index (Phi) is 6.98. The lowest BCUT2D eigenvalue weighted by Gasteiger charge is -2.09. The highest BCUT2D eigenvalue weighted by Gasteiger charge is 1.98. The zero-order valence-corrected chi connectivity index (χ0v) is 7.10. The Balaban J connectivity index is 2.97. The molecular formula is C8H19NO. The lowest BCUT2D eigenvalue weighted by molar-refractivity contribution is 0.0598. The van der Waals surface area contributed by atoms with Crippen molar-refractivity contribution in [2.24, 2.45) is 5.73 Å². The van der Waals surface area contributed by atoms with E-state index in [1.807, 2.05) is 6.92 Å². The van der Waals surface area contributed by atoms with Crippen LogP contribution in [-0.4, -0.2) is 12.8 Å². The van der Waals surface area contributed by atoms with Gasteiger partial charge in [-0.2, -0.15) is 0 Å². The van der Waals surface area contributed by atoms with Crippen LogP contribution in [0.2, 0.25) is 0 Å². The Morgan fingerprint density at radius 1 is 1.30 bits per heavy atom. The summed E-state index contributed by atoms with van der Waals surface area (Å²) in [6, 6.07) is 0. The van der Waals surface area contributed by atoms with E-state index >= 15 is 0 Å². The standard InChI is InChI=1S/C8H19NO/c1-3-5-6-7-8(9)10-4-2/h8H,3-7,9H2,1-2H3. The number of hydrogen-bond acceptors (Lipinski definition) is 2. The van der Waals surface area contributed by atoms with Crippen LogP contribution in [0.15, 0.2) is 0 Å². The molecule has 10 heavy (non-hydrogen) atoms. The molecule has 0 aromatic rings. The van der Waals surface area contributed by atoms with Crippen LogP contribution in [0.3, 0.4) is 0 Å². The van der Waals surface area contributed by atoms with Crippen LogP contribution in [0.5, 0.6) is 0 Å². The predicted octanol–water partition coefficient (Wildman–Crippen LogP) is 1.89. The second kappa shape index (κ2) is 7.03. The fourth-order valence-electron chi connectivity index (χ4n) is 0.893. The molecule has 0 radical (unpaired) electrons. The van der Waals surface area contributed by atoms with Gasteiger partial charge in [0.25, 0.3) is 0 Å². The van der Waals surface area contributed by atoms with E-state index in [9.17, 15) is 0 Å². The number of unbranched alkanes of at least 4 members (excludes halogenated alkanes) is 2. The summed E-state index contributed by atoms with van der Waals surface area (Å²) >= 11 is 0. The molecule has 0 aromatic carbocycles. The van der Waals surface area contributed by atoms with Crippen molar-refractivity contribution in [3.8, 4) is 0 Å². The van der Waals surface area contributed by atoms with Crippen molar-refractivity contribution in [2.75, 3.05) is 6.61 Å². The van der Waals surface area contributed by atoms with Crippen molar-refractivity contribution >= 4 is 0 Å². The van der Waals surface area contributed by atoms with Crippen LogP contribution < -0.4 is 5.73 Å². The average Bonchev–Trinajstić information content (AvgIpc) is 1.89. The molecule has 0 rings (SSSR count). The third kappa shape index (κ3) is 6.05. The molecule has 0 amide bonds. The topological polar surface area (TPSA) is 35.2 Å². The van der Waals surface area contributed by atoms with E-state index in [1.54, 1.807) is 0 Å². The summed E-state index contributed by atoms with van der Waals surface area (Å²) in [5.74, 6) is 0. The quantitative estimate of drug-likeness (QED) is 0.457. The van der Waals surface area contributed by atoms with Gasteiger partial charge in [-0.1, -0.05) is 19.8 Å². The van der Waals surface area contributed by atoms with Gasteiger partial charge in [-0.25, -0.2) is 0 Å². The number of rotatable bonds is 6. The lowest BCUT2D eigenvalue weighted by Crippen LogP contribution is -2.23. The first-order valence-corrected chi connectivity index (χ1v) is 4.18. The number of hydrogen-bond donors (Lipinski definition) is 1. The molecule has 0 saturated heterocycles. The Hall–Kier alpha value is -0.0800. The van der Waals surface area contributed by atoms with Gasteiger partial charge < -0.3 is 10.5 Å². The Bertz CT molecular complexity index is 66.3. The molecule has 0 spiro atoms. The van der Waals surface area contributed by atoms with Crippen LogP contribution in [-0.2, 0) is 4.74 Å². The number of nitrogens with two attached hydrogens (primary N) is 1. The van der Waals surface area contributed by atoms with Crippen molar-refractivity contribution < 1.29 is 4.74 Å². The largest absolute Gasteiger partial charge is 0.364 e. The van der Waals surface area contributed by atoms with E-state index in [2.05, 4.69) is 6.92 Å². The highest BCUT2D eigenvalue weighted by atomic mass is 16.5. The van der Waals surface area contributed by atoms with Crippen molar-refractivity contribution in [1.82, 2.24) is 0 Å². The first-order chi connectivity index (χ1) is 4.81. The zero-order chi connectivity index (χ0) is 7.82. The first kappa shape index (κ1) is 9.92. The molecule has 62 valence electrons. The fourth-order valence-corrected chi connectivity index (χ4v) is 0.893. The van der Waals surface area contributed by atoms with Crippen molar-refractivity contribution in [3.05, 3.63) is 0 Å². The maximum Gasteiger partial charge on any atom is 0.105 e. The van der Waals surface area contributed by atoms with Gasteiger partial charge in [0, 0.05) is 6.61 Å². The second-order valence-corrected chi connectivity index (χ2v) is 2.49. The molecule has 0 heterocycles. The summed E-state index contributed by atoms with van der Waals surface area (Å²) in [7, 11) is 0. The molecule has 0 aliphatic carbocycles. The van der Waals surface area contributed by atoms with E-state index in [4.69, 9.17) is 10.5 Å². The number of ether oxygens (including phenoxy) is 1. The van der Waals surface area contributed by atoms with E-state index in [0.717, 1.165) is 13.0 Å². The summed E-state index contributed by atoms with van der Waals surface area (Å²) in [5.41, 5.74) is 5.60. The van der Waals surface area contributed by atoms with Crippen molar-refractivity contribution in [2.45, 2.75) is 45.8 Å². The Labute approximate surface area is 63.7 Å².